The number of hydrogen-bond acceptors (Lipinski definition) is 3. The van der Waals surface area contributed by atoms with Crippen molar-refractivity contribution >= 4 is 38.2 Å². The molecular formula is C9H6BrF2N3. The van der Waals surface area contributed by atoms with E-state index in [4.69, 9.17) is 11.5 Å². The van der Waals surface area contributed by atoms with Gasteiger partial charge in [0.1, 0.15) is 11.3 Å². The predicted molar refractivity (Wildman–Crippen MR) is 58.2 cm³/mol. The summed E-state index contributed by atoms with van der Waals surface area (Å²) in [5.74, 6) is -1.50. The molecule has 1 heterocycles. The van der Waals surface area contributed by atoms with Crippen molar-refractivity contribution in [1.29, 1.82) is 0 Å². The van der Waals surface area contributed by atoms with E-state index < -0.39 is 11.6 Å². The number of nitrogens with two attached hydrogens (primary N) is 2. The van der Waals surface area contributed by atoms with Gasteiger partial charge >= 0.3 is 0 Å². The van der Waals surface area contributed by atoms with E-state index in [0.717, 1.165) is 6.07 Å². The fraction of sp³-hybridized carbons (Fsp3) is 0. The normalized spacial score (nSPS) is 10.9. The second kappa shape index (κ2) is 3.30. The summed E-state index contributed by atoms with van der Waals surface area (Å²) in [5.41, 5.74) is 11.4. The van der Waals surface area contributed by atoms with Crippen molar-refractivity contribution in [3.8, 4) is 0 Å². The molecule has 0 radical (unpaired) electrons. The topological polar surface area (TPSA) is 64.9 Å². The predicted octanol–water partition coefficient (Wildman–Crippen LogP) is 2.44. The van der Waals surface area contributed by atoms with Crippen molar-refractivity contribution in [2.45, 2.75) is 0 Å². The number of benzene rings is 1. The fourth-order valence-corrected chi connectivity index (χ4v) is 1.82. The third-order valence-corrected chi connectivity index (χ3v) is 2.83. The number of fused-ring (bicyclic) bond motifs is 1. The fourth-order valence-electron chi connectivity index (χ4n) is 1.31. The van der Waals surface area contributed by atoms with E-state index in [1.165, 1.54) is 6.20 Å². The molecule has 0 amide bonds. The smallest absolute Gasteiger partial charge is 0.152 e. The monoisotopic (exact) mass is 273 g/mol. The summed E-state index contributed by atoms with van der Waals surface area (Å²) in [5, 5.41) is 0.160. The highest BCUT2D eigenvalue weighted by Gasteiger charge is 2.15. The Labute approximate surface area is 92.2 Å². The molecule has 0 fully saturated rings. The lowest BCUT2D eigenvalue weighted by Crippen LogP contribution is -2.00. The van der Waals surface area contributed by atoms with Gasteiger partial charge in [0, 0.05) is 11.5 Å². The van der Waals surface area contributed by atoms with Gasteiger partial charge in [-0.05, 0) is 15.9 Å². The first kappa shape index (κ1) is 10.1. The Morgan fingerprint density at radius 2 is 1.87 bits per heavy atom. The van der Waals surface area contributed by atoms with E-state index in [0.29, 0.717) is 0 Å². The van der Waals surface area contributed by atoms with Crippen LogP contribution in [0.25, 0.3) is 10.9 Å². The van der Waals surface area contributed by atoms with Crippen molar-refractivity contribution < 1.29 is 8.78 Å². The van der Waals surface area contributed by atoms with Crippen molar-refractivity contribution in [2.75, 3.05) is 11.5 Å². The largest absolute Gasteiger partial charge is 0.396 e. The minimum absolute atomic E-state index is 0.00465. The van der Waals surface area contributed by atoms with Crippen LogP contribution in [0.3, 0.4) is 0 Å². The molecule has 1 aromatic carbocycles. The lowest BCUT2D eigenvalue weighted by atomic mass is 10.1. The van der Waals surface area contributed by atoms with Crippen LogP contribution < -0.4 is 11.5 Å². The minimum Gasteiger partial charge on any atom is -0.396 e. The quantitative estimate of drug-likeness (QED) is 0.725. The molecule has 0 unspecified atom stereocenters. The molecule has 78 valence electrons. The average Bonchev–Trinajstić information content (AvgIpc) is 2.19. The van der Waals surface area contributed by atoms with E-state index in [-0.39, 0.29) is 26.8 Å². The maximum absolute atomic E-state index is 13.3. The lowest BCUT2D eigenvalue weighted by molar-refractivity contribution is 0.586. The van der Waals surface area contributed by atoms with Gasteiger partial charge in [-0.3, -0.25) is 4.98 Å². The van der Waals surface area contributed by atoms with Crippen molar-refractivity contribution in [3.05, 3.63) is 28.4 Å². The zero-order valence-corrected chi connectivity index (χ0v) is 8.98. The number of anilines is 2. The van der Waals surface area contributed by atoms with Crippen molar-refractivity contribution in [3.63, 3.8) is 0 Å². The molecular weight excluding hydrogens is 268 g/mol. The number of nitrogen functional groups attached to an aromatic ring is 2. The van der Waals surface area contributed by atoms with Gasteiger partial charge in [-0.2, -0.15) is 0 Å². The molecule has 0 aliphatic heterocycles. The van der Waals surface area contributed by atoms with Crippen LogP contribution in [-0.4, -0.2) is 4.98 Å². The van der Waals surface area contributed by atoms with Crippen LogP contribution in [-0.2, 0) is 0 Å². The van der Waals surface area contributed by atoms with Crippen molar-refractivity contribution in [2.24, 2.45) is 0 Å². The van der Waals surface area contributed by atoms with E-state index >= 15 is 0 Å². The summed E-state index contributed by atoms with van der Waals surface area (Å²) in [6, 6.07) is 0.745. The van der Waals surface area contributed by atoms with Gasteiger partial charge in [-0.1, -0.05) is 0 Å². The van der Waals surface area contributed by atoms with Crippen LogP contribution >= 0.6 is 15.9 Å². The van der Waals surface area contributed by atoms with Crippen LogP contribution in [0.2, 0.25) is 0 Å². The SMILES string of the molecule is Nc1cnc2c(F)cc(F)c(Br)c2c1N. The number of aromatic nitrogens is 1. The number of rotatable bonds is 0. The summed E-state index contributed by atoms with van der Waals surface area (Å²) < 4.78 is 26.6. The molecule has 0 atom stereocenters. The average molecular weight is 274 g/mol. The highest BCUT2D eigenvalue weighted by Crippen LogP contribution is 2.34. The van der Waals surface area contributed by atoms with Gasteiger partial charge in [0.25, 0.3) is 0 Å². The molecule has 0 spiro atoms. The van der Waals surface area contributed by atoms with Gasteiger partial charge < -0.3 is 11.5 Å². The number of halogens is 3. The maximum Gasteiger partial charge on any atom is 0.152 e. The first-order valence-corrected chi connectivity index (χ1v) is 4.79. The van der Waals surface area contributed by atoms with Gasteiger partial charge in [0.05, 0.1) is 22.0 Å². The Bertz CT molecular complexity index is 549. The number of nitrogens with zero attached hydrogens (tertiary/aromatic N) is 1. The van der Waals surface area contributed by atoms with Crippen LogP contribution in [0, 0.1) is 11.6 Å². The highest BCUT2D eigenvalue weighted by molar-refractivity contribution is 9.10. The van der Waals surface area contributed by atoms with Crippen LogP contribution in [0.15, 0.2) is 16.7 Å². The van der Waals surface area contributed by atoms with Crippen molar-refractivity contribution in [1.82, 2.24) is 4.98 Å². The Balaban J connectivity index is 3.04. The third-order valence-electron chi connectivity index (χ3n) is 2.06. The zero-order chi connectivity index (χ0) is 11.2. The van der Waals surface area contributed by atoms with E-state index in [1.807, 2.05) is 0 Å². The Morgan fingerprint density at radius 3 is 2.53 bits per heavy atom. The molecule has 0 saturated carbocycles. The summed E-state index contributed by atoms with van der Waals surface area (Å²) in [7, 11) is 0. The molecule has 6 heteroatoms. The Kier molecular flexibility index (Phi) is 2.22. The standard InChI is InChI=1S/C9H6BrF2N3/c10-7-3(11)1-4(12)9-6(7)8(14)5(13)2-15-9/h1-2H,13H2,(H2,14,15). The molecule has 0 saturated heterocycles. The van der Waals surface area contributed by atoms with Crippen LogP contribution in [0.5, 0.6) is 0 Å². The summed E-state index contributed by atoms with van der Waals surface area (Å²) in [6.07, 6.45) is 1.24. The zero-order valence-electron chi connectivity index (χ0n) is 7.39. The molecule has 4 N–H and O–H groups in total. The number of hydrogen-bond donors (Lipinski definition) is 2. The second-order valence-electron chi connectivity index (χ2n) is 3.01. The van der Waals surface area contributed by atoms with E-state index in [2.05, 4.69) is 20.9 Å². The van der Waals surface area contributed by atoms with Gasteiger partial charge in [-0.15, -0.1) is 0 Å². The van der Waals surface area contributed by atoms with Gasteiger partial charge in [-0.25, -0.2) is 8.78 Å². The molecule has 2 aromatic rings. The molecule has 15 heavy (non-hydrogen) atoms. The molecule has 0 aliphatic rings. The summed E-state index contributed by atoms with van der Waals surface area (Å²) >= 11 is 2.98. The first-order chi connectivity index (χ1) is 7.02. The molecule has 0 aliphatic carbocycles. The Morgan fingerprint density at radius 1 is 1.20 bits per heavy atom. The van der Waals surface area contributed by atoms with Crippen LogP contribution in [0.4, 0.5) is 20.2 Å². The first-order valence-electron chi connectivity index (χ1n) is 3.99. The molecule has 0 bridgehead atoms. The maximum atomic E-state index is 13.3. The second-order valence-corrected chi connectivity index (χ2v) is 3.80. The lowest BCUT2D eigenvalue weighted by Gasteiger charge is -2.07. The highest BCUT2D eigenvalue weighted by atomic mass is 79.9. The third kappa shape index (κ3) is 1.41. The van der Waals surface area contributed by atoms with E-state index in [1.54, 1.807) is 0 Å². The van der Waals surface area contributed by atoms with Crippen LogP contribution in [0.1, 0.15) is 0 Å². The molecule has 1 aromatic heterocycles. The molecule has 2 rings (SSSR count). The Hall–Kier alpha value is -1.43. The molecule has 3 nitrogen and oxygen atoms in total. The minimum atomic E-state index is -0.766. The summed E-state index contributed by atoms with van der Waals surface area (Å²) in [4.78, 5) is 3.77. The summed E-state index contributed by atoms with van der Waals surface area (Å²) in [6.45, 7) is 0. The number of pyridine rings is 1. The van der Waals surface area contributed by atoms with E-state index in [9.17, 15) is 8.78 Å². The van der Waals surface area contributed by atoms with Gasteiger partial charge in [0.15, 0.2) is 5.82 Å². The van der Waals surface area contributed by atoms with Gasteiger partial charge in [0.2, 0.25) is 0 Å².